The Labute approximate surface area is 142 Å². The lowest BCUT2D eigenvalue weighted by molar-refractivity contribution is 0.0199. The van der Waals surface area contributed by atoms with Crippen molar-refractivity contribution in [3.8, 4) is 0 Å². The Bertz CT molecular complexity index is 742. The van der Waals surface area contributed by atoms with E-state index in [1.165, 1.54) is 0 Å². The molecule has 1 amide bonds. The zero-order valence-electron chi connectivity index (χ0n) is 14.4. The van der Waals surface area contributed by atoms with Gasteiger partial charge in [-0.15, -0.1) is 0 Å². The van der Waals surface area contributed by atoms with Crippen LogP contribution in [0.25, 0.3) is 12.2 Å². The van der Waals surface area contributed by atoms with Gasteiger partial charge in [0.25, 0.3) is 0 Å². The molecule has 0 aromatic carbocycles. The third-order valence-electron chi connectivity index (χ3n) is 3.83. The number of amides is 1. The molecule has 3 heterocycles. The summed E-state index contributed by atoms with van der Waals surface area (Å²) in [4.78, 5) is 18.1. The van der Waals surface area contributed by atoms with E-state index in [2.05, 4.69) is 33.8 Å². The highest BCUT2D eigenvalue weighted by atomic mass is 16.6. The highest BCUT2D eigenvalue weighted by Crippen LogP contribution is 2.21. The summed E-state index contributed by atoms with van der Waals surface area (Å²) in [5.74, 6) is 0. The molecular weight excluding hydrogens is 302 g/mol. The molecule has 126 valence electrons. The molecule has 0 saturated carbocycles. The van der Waals surface area contributed by atoms with Gasteiger partial charge in [0.2, 0.25) is 0 Å². The Morgan fingerprint density at radius 2 is 2.04 bits per heavy atom. The summed E-state index contributed by atoms with van der Waals surface area (Å²) in [5, 5.41) is 0. The maximum atomic E-state index is 12.2. The average molecular weight is 325 g/mol. The predicted molar refractivity (Wildman–Crippen MR) is 94.2 cm³/mol. The molecule has 2 aromatic rings. The Morgan fingerprint density at radius 1 is 1.21 bits per heavy atom. The van der Waals surface area contributed by atoms with Crippen LogP contribution in [0.4, 0.5) is 4.79 Å². The first-order valence-electron chi connectivity index (χ1n) is 8.17. The summed E-state index contributed by atoms with van der Waals surface area (Å²) in [7, 11) is 0. The molecule has 2 aromatic heterocycles. The van der Waals surface area contributed by atoms with E-state index in [1.807, 2.05) is 39.1 Å². The normalized spacial score (nSPS) is 14.7. The van der Waals surface area contributed by atoms with Crippen LogP contribution in [0.2, 0.25) is 0 Å². The summed E-state index contributed by atoms with van der Waals surface area (Å²) < 4.78 is 7.70. The van der Waals surface area contributed by atoms with E-state index in [0.29, 0.717) is 13.1 Å². The van der Waals surface area contributed by atoms with Crippen molar-refractivity contribution in [2.24, 2.45) is 0 Å². The average Bonchev–Trinajstić information content (AvgIpc) is 2.94. The number of hydrogen-bond acceptors (Lipinski definition) is 3. The van der Waals surface area contributed by atoms with Crippen LogP contribution in [0.1, 0.15) is 37.7 Å². The van der Waals surface area contributed by atoms with Crippen LogP contribution in [0.15, 0.2) is 36.7 Å². The predicted octanol–water partition coefficient (Wildman–Crippen LogP) is 3.80. The number of fused-ring (bicyclic) bond motifs is 1. The molecule has 0 bridgehead atoms. The number of aromatic nitrogens is 2. The molecule has 1 aliphatic rings. The van der Waals surface area contributed by atoms with Gasteiger partial charge in [-0.05, 0) is 50.6 Å². The SMILES string of the molecule is CC(C)(C)OC(=O)N1CCn2c(/C=C/c3cccnc3)ccc2C1. The molecule has 5 nitrogen and oxygen atoms in total. The van der Waals surface area contributed by atoms with Crippen molar-refractivity contribution in [1.29, 1.82) is 0 Å². The van der Waals surface area contributed by atoms with Gasteiger partial charge in [-0.25, -0.2) is 4.79 Å². The molecule has 0 fully saturated rings. The Kier molecular flexibility index (Phi) is 4.42. The second-order valence-electron chi connectivity index (χ2n) is 6.92. The summed E-state index contributed by atoms with van der Waals surface area (Å²) in [6.07, 6.45) is 7.49. The third-order valence-corrected chi connectivity index (χ3v) is 3.83. The number of carbonyl (C=O) groups excluding carboxylic acids is 1. The van der Waals surface area contributed by atoms with Gasteiger partial charge >= 0.3 is 6.09 Å². The minimum absolute atomic E-state index is 0.248. The summed E-state index contributed by atoms with van der Waals surface area (Å²) >= 11 is 0. The van der Waals surface area contributed by atoms with Crippen molar-refractivity contribution < 1.29 is 9.53 Å². The smallest absolute Gasteiger partial charge is 0.410 e. The number of pyridine rings is 1. The largest absolute Gasteiger partial charge is 0.444 e. The van der Waals surface area contributed by atoms with Crippen molar-refractivity contribution in [2.75, 3.05) is 6.54 Å². The van der Waals surface area contributed by atoms with Crippen molar-refractivity contribution in [3.05, 3.63) is 53.6 Å². The van der Waals surface area contributed by atoms with Gasteiger partial charge in [0.15, 0.2) is 0 Å². The summed E-state index contributed by atoms with van der Waals surface area (Å²) in [5.41, 5.74) is 2.86. The Balaban J connectivity index is 1.70. The maximum absolute atomic E-state index is 12.2. The van der Waals surface area contributed by atoms with Gasteiger partial charge in [-0.3, -0.25) is 4.98 Å². The third kappa shape index (κ3) is 3.85. The second-order valence-corrected chi connectivity index (χ2v) is 6.92. The van der Waals surface area contributed by atoms with Crippen LogP contribution in [0, 0.1) is 0 Å². The van der Waals surface area contributed by atoms with Crippen LogP contribution in [0.5, 0.6) is 0 Å². The van der Waals surface area contributed by atoms with Crippen LogP contribution < -0.4 is 0 Å². The first-order chi connectivity index (χ1) is 11.4. The fourth-order valence-corrected chi connectivity index (χ4v) is 2.72. The van der Waals surface area contributed by atoms with Crippen LogP contribution >= 0.6 is 0 Å². The first-order valence-corrected chi connectivity index (χ1v) is 8.17. The molecule has 3 rings (SSSR count). The highest BCUT2D eigenvalue weighted by molar-refractivity contribution is 5.70. The number of rotatable bonds is 2. The molecule has 0 unspecified atom stereocenters. The van der Waals surface area contributed by atoms with Gasteiger partial charge < -0.3 is 14.2 Å². The van der Waals surface area contributed by atoms with Gasteiger partial charge in [-0.2, -0.15) is 0 Å². The molecule has 5 heteroatoms. The van der Waals surface area contributed by atoms with Crippen molar-refractivity contribution in [3.63, 3.8) is 0 Å². The fraction of sp³-hybridized carbons (Fsp3) is 0.368. The molecule has 0 aliphatic carbocycles. The number of nitrogens with zero attached hydrogens (tertiary/aromatic N) is 3. The van der Waals surface area contributed by atoms with E-state index in [9.17, 15) is 4.79 Å². The van der Waals surface area contributed by atoms with Crippen LogP contribution in [-0.4, -0.2) is 32.7 Å². The molecule has 0 saturated heterocycles. The van der Waals surface area contributed by atoms with Crippen molar-refractivity contribution >= 4 is 18.2 Å². The molecule has 1 aliphatic heterocycles. The van der Waals surface area contributed by atoms with E-state index in [4.69, 9.17) is 4.74 Å². The van der Waals surface area contributed by atoms with Gasteiger partial charge in [-0.1, -0.05) is 12.1 Å². The lowest BCUT2D eigenvalue weighted by atomic mass is 10.2. The molecule has 0 spiro atoms. The zero-order valence-corrected chi connectivity index (χ0v) is 14.4. The minimum atomic E-state index is -0.464. The van der Waals surface area contributed by atoms with E-state index in [-0.39, 0.29) is 6.09 Å². The van der Waals surface area contributed by atoms with E-state index < -0.39 is 5.60 Å². The first kappa shape index (κ1) is 16.3. The molecular formula is C19H23N3O2. The second kappa shape index (κ2) is 6.51. The quantitative estimate of drug-likeness (QED) is 0.843. The molecule has 0 radical (unpaired) electrons. The zero-order chi connectivity index (χ0) is 17.2. The standard InChI is InChI=1S/C19H23N3O2/c1-19(2,3)24-18(23)21-11-12-22-16(8-9-17(22)14-21)7-6-15-5-4-10-20-13-15/h4-10,13H,11-12,14H2,1-3H3/b7-6+. The number of hydrogen-bond donors (Lipinski definition) is 0. The van der Waals surface area contributed by atoms with Gasteiger partial charge in [0.1, 0.15) is 5.60 Å². The van der Waals surface area contributed by atoms with Crippen molar-refractivity contribution in [1.82, 2.24) is 14.5 Å². The lowest BCUT2D eigenvalue weighted by Gasteiger charge is -2.31. The van der Waals surface area contributed by atoms with Gasteiger partial charge in [0, 0.05) is 36.9 Å². The lowest BCUT2D eigenvalue weighted by Crippen LogP contribution is -2.41. The Hall–Kier alpha value is -2.56. The van der Waals surface area contributed by atoms with E-state index in [1.54, 1.807) is 11.1 Å². The fourth-order valence-electron chi connectivity index (χ4n) is 2.72. The van der Waals surface area contributed by atoms with Gasteiger partial charge in [0.05, 0.1) is 6.54 Å². The maximum Gasteiger partial charge on any atom is 0.410 e. The van der Waals surface area contributed by atoms with E-state index in [0.717, 1.165) is 23.5 Å². The molecule has 0 atom stereocenters. The van der Waals surface area contributed by atoms with E-state index >= 15 is 0 Å². The number of ether oxygens (including phenoxy) is 1. The topological polar surface area (TPSA) is 47.4 Å². The summed E-state index contributed by atoms with van der Waals surface area (Å²) in [6.45, 7) is 7.67. The van der Waals surface area contributed by atoms with Crippen molar-refractivity contribution in [2.45, 2.75) is 39.5 Å². The van der Waals surface area contributed by atoms with Crippen LogP contribution in [0.3, 0.4) is 0 Å². The highest BCUT2D eigenvalue weighted by Gasteiger charge is 2.26. The molecule has 0 N–H and O–H groups in total. The minimum Gasteiger partial charge on any atom is -0.444 e. The number of carbonyl (C=O) groups is 1. The monoisotopic (exact) mass is 325 g/mol. The van der Waals surface area contributed by atoms with Crippen LogP contribution in [-0.2, 0) is 17.8 Å². The molecule has 24 heavy (non-hydrogen) atoms. The Morgan fingerprint density at radius 3 is 2.75 bits per heavy atom. The summed E-state index contributed by atoms with van der Waals surface area (Å²) in [6, 6.07) is 8.10.